The Morgan fingerprint density at radius 1 is 1.64 bits per heavy atom. The first-order valence-electron chi connectivity index (χ1n) is 4.29. The minimum Gasteiger partial charge on any atom is -0.396 e. The molecule has 1 unspecified atom stereocenters. The summed E-state index contributed by atoms with van der Waals surface area (Å²) in [6.07, 6.45) is 0.640. The van der Waals surface area contributed by atoms with Crippen LogP contribution in [0.5, 0.6) is 0 Å². The first kappa shape index (κ1) is 11.0. The predicted octanol–water partition coefficient (Wildman–Crippen LogP) is 0.895. The van der Waals surface area contributed by atoms with Crippen LogP contribution in [0, 0.1) is 0 Å². The topological polar surface area (TPSA) is 84.1 Å². The highest BCUT2D eigenvalue weighted by molar-refractivity contribution is 6.29. The maximum absolute atomic E-state index is 8.70. The molecule has 0 spiro atoms. The van der Waals surface area contributed by atoms with Crippen molar-refractivity contribution >= 4 is 23.4 Å². The number of nitrogens with two attached hydrogens (primary N) is 1. The van der Waals surface area contributed by atoms with Crippen molar-refractivity contribution in [2.75, 3.05) is 17.7 Å². The normalized spacial score (nSPS) is 12.5. The van der Waals surface area contributed by atoms with Crippen molar-refractivity contribution in [3.8, 4) is 0 Å². The molecule has 0 fully saturated rings. The molecule has 1 aromatic heterocycles. The Balaban J connectivity index is 2.66. The summed E-state index contributed by atoms with van der Waals surface area (Å²) in [5.74, 6) is 0.708. The van der Waals surface area contributed by atoms with Gasteiger partial charge in [0.2, 0.25) is 5.95 Å². The second-order valence-corrected chi connectivity index (χ2v) is 3.38. The van der Waals surface area contributed by atoms with Gasteiger partial charge < -0.3 is 16.2 Å². The third kappa shape index (κ3) is 3.35. The lowest BCUT2D eigenvalue weighted by atomic mass is 10.2. The van der Waals surface area contributed by atoms with Gasteiger partial charge in [-0.2, -0.15) is 4.98 Å². The quantitative estimate of drug-likeness (QED) is 0.652. The number of anilines is 2. The van der Waals surface area contributed by atoms with Crippen LogP contribution in [0.25, 0.3) is 0 Å². The summed E-state index contributed by atoms with van der Waals surface area (Å²) in [6.45, 7) is 2.06. The van der Waals surface area contributed by atoms with Gasteiger partial charge in [0, 0.05) is 18.7 Å². The van der Waals surface area contributed by atoms with E-state index in [4.69, 9.17) is 22.4 Å². The summed E-state index contributed by atoms with van der Waals surface area (Å²) in [5.41, 5.74) is 5.41. The second kappa shape index (κ2) is 4.97. The van der Waals surface area contributed by atoms with E-state index in [1.807, 2.05) is 6.92 Å². The van der Waals surface area contributed by atoms with Gasteiger partial charge >= 0.3 is 0 Å². The molecule has 0 aliphatic carbocycles. The fourth-order valence-corrected chi connectivity index (χ4v) is 1.22. The van der Waals surface area contributed by atoms with Gasteiger partial charge in [0.15, 0.2) is 0 Å². The highest BCUT2D eigenvalue weighted by Gasteiger charge is 2.04. The number of rotatable bonds is 4. The molecular formula is C8H13ClN4O. The predicted molar refractivity (Wildman–Crippen MR) is 56.2 cm³/mol. The first-order chi connectivity index (χ1) is 6.61. The maximum atomic E-state index is 8.70. The minimum absolute atomic E-state index is 0.116. The van der Waals surface area contributed by atoms with E-state index >= 15 is 0 Å². The molecule has 0 radical (unpaired) electrons. The summed E-state index contributed by atoms with van der Waals surface area (Å²) >= 11 is 5.69. The average molecular weight is 217 g/mol. The lowest BCUT2D eigenvalue weighted by Crippen LogP contribution is -2.17. The molecule has 1 atom stereocenters. The van der Waals surface area contributed by atoms with E-state index in [0.29, 0.717) is 17.4 Å². The Kier molecular flexibility index (Phi) is 3.91. The van der Waals surface area contributed by atoms with Gasteiger partial charge in [-0.05, 0) is 13.3 Å². The molecule has 1 heterocycles. The smallest absolute Gasteiger partial charge is 0.223 e. The van der Waals surface area contributed by atoms with Gasteiger partial charge in [0.1, 0.15) is 11.0 Å². The van der Waals surface area contributed by atoms with Crippen LogP contribution in [0.3, 0.4) is 0 Å². The van der Waals surface area contributed by atoms with E-state index in [1.165, 1.54) is 0 Å². The van der Waals surface area contributed by atoms with Gasteiger partial charge in [-0.1, -0.05) is 11.6 Å². The fraction of sp³-hybridized carbons (Fsp3) is 0.500. The summed E-state index contributed by atoms with van der Waals surface area (Å²) < 4.78 is 0. The number of nitrogen functional groups attached to an aromatic ring is 1. The second-order valence-electron chi connectivity index (χ2n) is 2.99. The third-order valence-electron chi connectivity index (χ3n) is 1.67. The van der Waals surface area contributed by atoms with E-state index in [-0.39, 0.29) is 18.6 Å². The number of halogens is 1. The number of nitrogens with zero attached hydrogens (tertiary/aromatic N) is 2. The van der Waals surface area contributed by atoms with Crippen molar-refractivity contribution in [2.24, 2.45) is 0 Å². The molecule has 0 saturated heterocycles. The average Bonchev–Trinajstić information content (AvgIpc) is 2.01. The standard InChI is InChI=1S/C8H13ClN4O/c1-5(2-3-14)11-7-4-6(9)12-8(10)13-7/h4-5,14H,2-3H2,1H3,(H3,10,11,12,13). The Hall–Kier alpha value is -1.07. The number of nitrogens with one attached hydrogen (secondary N) is 1. The molecule has 1 aromatic rings. The molecule has 0 aromatic carbocycles. The van der Waals surface area contributed by atoms with Crippen molar-refractivity contribution in [2.45, 2.75) is 19.4 Å². The molecule has 1 rings (SSSR count). The SMILES string of the molecule is CC(CCO)Nc1cc(Cl)nc(N)n1. The number of hydrogen-bond acceptors (Lipinski definition) is 5. The molecule has 0 saturated carbocycles. The summed E-state index contributed by atoms with van der Waals surface area (Å²) in [5, 5.41) is 12.1. The van der Waals surface area contributed by atoms with Crippen molar-refractivity contribution in [3.63, 3.8) is 0 Å². The number of aromatic nitrogens is 2. The molecule has 0 amide bonds. The Labute approximate surface area is 87.3 Å². The Morgan fingerprint density at radius 2 is 2.36 bits per heavy atom. The third-order valence-corrected chi connectivity index (χ3v) is 1.86. The van der Waals surface area contributed by atoms with Crippen LogP contribution in [0.4, 0.5) is 11.8 Å². The van der Waals surface area contributed by atoms with Crippen molar-refractivity contribution in [1.29, 1.82) is 0 Å². The van der Waals surface area contributed by atoms with Crippen LogP contribution in [0.15, 0.2) is 6.07 Å². The molecule has 4 N–H and O–H groups in total. The Morgan fingerprint density at radius 3 is 2.93 bits per heavy atom. The van der Waals surface area contributed by atoms with E-state index in [2.05, 4.69) is 15.3 Å². The zero-order chi connectivity index (χ0) is 10.6. The minimum atomic E-state index is 0.116. The van der Waals surface area contributed by atoms with Crippen LogP contribution in [-0.4, -0.2) is 27.7 Å². The van der Waals surface area contributed by atoms with Crippen LogP contribution in [0.2, 0.25) is 5.15 Å². The first-order valence-corrected chi connectivity index (χ1v) is 4.67. The van der Waals surface area contributed by atoms with E-state index in [1.54, 1.807) is 6.07 Å². The van der Waals surface area contributed by atoms with Crippen LogP contribution >= 0.6 is 11.6 Å². The summed E-state index contributed by atoms with van der Waals surface area (Å²) in [6, 6.07) is 1.71. The van der Waals surface area contributed by atoms with Gasteiger partial charge in [0.25, 0.3) is 0 Å². The monoisotopic (exact) mass is 216 g/mol. The van der Waals surface area contributed by atoms with Crippen LogP contribution in [0.1, 0.15) is 13.3 Å². The summed E-state index contributed by atoms with van der Waals surface area (Å²) in [4.78, 5) is 7.68. The van der Waals surface area contributed by atoms with Crippen molar-refractivity contribution in [3.05, 3.63) is 11.2 Å². The molecule has 14 heavy (non-hydrogen) atoms. The highest BCUT2D eigenvalue weighted by Crippen LogP contribution is 2.13. The lowest BCUT2D eigenvalue weighted by Gasteiger charge is -2.12. The molecule has 6 heteroatoms. The van der Waals surface area contributed by atoms with Gasteiger partial charge in [-0.3, -0.25) is 0 Å². The van der Waals surface area contributed by atoms with E-state index in [9.17, 15) is 0 Å². The molecule has 0 aliphatic rings. The molecule has 78 valence electrons. The zero-order valence-electron chi connectivity index (χ0n) is 7.87. The lowest BCUT2D eigenvalue weighted by molar-refractivity contribution is 0.282. The van der Waals surface area contributed by atoms with Crippen molar-refractivity contribution < 1.29 is 5.11 Å². The number of aliphatic hydroxyl groups excluding tert-OH is 1. The molecule has 0 aliphatic heterocycles. The largest absolute Gasteiger partial charge is 0.396 e. The number of hydrogen-bond donors (Lipinski definition) is 3. The molecule has 0 bridgehead atoms. The maximum Gasteiger partial charge on any atom is 0.223 e. The highest BCUT2D eigenvalue weighted by atomic mass is 35.5. The summed E-state index contributed by atoms with van der Waals surface area (Å²) in [7, 11) is 0. The molecule has 5 nitrogen and oxygen atoms in total. The van der Waals surface area contributed by atoms with Crippen LogP contribution < -0.4 is 11.1 Å². The Bertz CT molecular complexity index is 287. The van der Waals surface area contributed by atoms with E-state index in [0.717, 1.165) is 0 Å². The van der Waals surface area contributed by atoms with Gasteiger partial charge in [-0.25, -0.2) is 4.98 Å². The van der Waals surface area contributed by atoms with E-state index < -0.39 is 0 Å². The van der Waals surface area contributed by atoms with Crippen LogP contribution in [-0.2, 0) is 0 Å². The van der Waals surface area contributed by atoms with Gasteiger partial charge in [0.05, 0.1) is 0 Å². The van der Waals surface area contributed by atoms with Crippen molar-refractivity contribution in [1.82, 2.24) is 9.97 Å². The molecular weight excluding hydrogens is 204 g/mol. The number of aliphatic hydroxyl groups is 1. The fourth-order valence-electron chi connectivity index (χ4n) is 1.03. The zero-order valence-corrected chi connectivity index (χ0v) is 8.62. The van der Waals surface area contributed by atoms with Gasteiger partial charge in [-0.15, -0.1) is 0 Å².